The number of likely N-dealkylation sites (tertiary alicyclic amines) is 1. The van der Waals surface area contributed by atoms with Crippen LogP contribution < -0.4 is 5.32 Å². The van der Waals surface area contributed by atoms with Gasteiger partial charge in [0, 0.05) is 49.8 Å². The summed E-state index contributed by atoms with van der Waals surface area (Å²) in [4.78, 5) is 27.8. The molecule has 136 valence electrons. The highest BCUT2D eigenvalue weighted by atomic mass is 32.2. The lowest BCUT2D eigenvalue weighted by Gasteiger charge is -2.48. The highest BCUT2D eigenvalue weighted by Gasteiger charge is 2.39. The number of thioether (sulfide) groups is 1. The molecule has 3 fully saturated rings. The van der Waals surface area contributed by atoms with Crippen molar-refractivity contribution in [2.45, 2.75) is 44.1 Å². The normalized spacial score (nSPS) is 27.8. The summed E-state index contributed by atoms with van der Waals surface area (Å²) in [6.45, 7) is 3.83. The third kappa shape index (κ3) is 3.99. The van der Waals surface area contributed by atoms with Crippen LogP contribution in [0, 0.1) is 5.92 Å². The van der Waals surface area contributed by atoms with Crippen LogP contribution in [0.5, 0.6) is 0 Å². The van der Waals surface area contributed by atoms with Crippen molar-refractivity contribution < 1.29 is 14.7 Å². The van der Waals surface area contributed by atoms with Gasteiger partial charge in [-0.15, -0.1) is 0 Å². The number of hydrogen-bond acceptors (Lipinski definition) is 4. The number of amides is 2. The number of aliphatic carboxylic acids is 1. The van der Waals surface area contributed by atoms with E-state index in [2.05, 4.69) is 10.2 Å². The van der Waals surface area contributed by atoms with E-state index in [0.717, 1.165) is 25.9 Å². The Balaban J connectivity index is 1.57. The Morgan fingerprint density at radius 3 is 2.46 bits per heavy atom. The summed E-state index contributed by atoms with van der Waals surface area (Å²) in [7, 11) is 0. The van der Waals surface area contributed by atoms with E-state index in [1.807, 2.05) is 11.8 Å². The number of nitrogens with zero attached hydrogens (tertiary/aromatic N) is 2. The number of urea groups is 1. The van der Waals surface area contributed by atoms with Crippen molar-refractivity contribution >= 4 is 23.8 Å². The summed E-state index contributed by atoms with van der Waals surface area (Å²) in [6.07, 6.45) is 6.67. The summed E-state index contributed by atoms with van der Waals surface area (Å²) in [5.74, 6) is 1.17. The minimum atomic E-state index is -0.792. The molecule has 2 aliphatic heterocycles. The highest BCUT2D eigenvalue weighted by molar-refractivity contribution is 7.99. The van der Waals surface area contributed by atoms with Crippen molar-refractivity contribution in [1.29, 1.82) is 0 Å². The van der Waals surface area contributed by atoms with E-state index in [4.69, 9.17) is 5.11 Å². The molecular formula is C17H29N3O3S. The fraction of sp³-hybridized carbons (Fsp3) is 0.882. The van der Waals surface area contributed by atoms with Crippen LogP contribution in [0.3, 0.4) is 0 Å². The topological polar surface area (TPSA) is 72.9 Å². The molecule has 0 aromatic heterocycles. The molecule has 1 aliphatic carbocycles. The van der Waals surface area contributed by atoms with Crippen molar-refractivity contribution in [3.63, 3.8) is 0 Å². The van der Waals surface area contributed by atoms with Crippen LogP contribution in [0.2, 0.25) is 0 Å². The van der Waals surface area contributed by atoms with Gasteiger partial charge < -0.3 is 15.3 Å². The van der Waals surface area contributed by atoms with Gasteiger partial charge in [-0.2, -0.15) is 11.8 Å². The first-order chi connectivity index (χ1) is 11.6. The van der Waals surface area contributed by atoms with Crippen LogP contribution in [0.1, 0.15) is 38.5 Å². The molecule has 2 saturated heterocycles. The van der Waals surface area contributed by atoms with Gasteiger partial charge in [0.25, 0.3) is 0 Å². The number of carbonyl (C=O) groups is 2. The Morgan fingerprint density at radius 1 is 1.12 bits per heavy atom. The predicted molar refractivity (Wildman–Crippen MR) is 95.4 cm³/mol. The molecule has 1 atom stereocenters. The van der Waals surface area contributed by atoms with Crippen LogP contribution in [0.25, 0.3) is 0 Å². The molecule has 3 aliphatic rings. The zero-order valence-corrected chi connectivity index (χ0v) is 15.2. The van der Waals surface area contributed by atoms with Gasteiger partial charge >= 0.3 is 12.0 Å². The molecular weight excluding hydrogens is 326 g/mol. The summed E-state index contributed by atoms with van der Waals surface area (Å²) >= 11 is 2.02. The van der Waals surface area contributed by atoms with Crippen LogP contribution in [-0.4, -0.2) is 76.7 Å². The van der Waals surface area contributed by atoms with E-state index >= 15 is 0 Å². The van der Waals surface area contributed by atoms with E-state index < -0.39 is 11.9 Å². The molecule has 1 saturated carbocycles. The van der Waals surface area contributed by atoms with Gasteiger partial charge in [0.15, 0.2) is 0 Å². The fourth-order valence-corrected chi connectivity index (χ4v) is 5.25. The average Bonchev–Trinajstić information content (AvgIpc) is 3.12. The second kappa shape index (κ2) is 7.95. The molecule has 1 unspecified atom stereocenters. The van der Waals surface area contributed by atoms with Gasteiger partial charge in [-0.3, -0.25) is 9.69 Å². The third-order valence-corrected chi connectivity index (χ3v) is 6.80. The summed E-state index contributed by atoms with van der Waals surface area (Å²) in [5.41, 5.74) is 0.112. The van der Waals surface area contributed by atoms with E-state index in [1.165, 1.54) is 30.8 Å². The Morgan fingerprint density at radius 2 is 1.83 bits per heavy atom. The molecule has 2 heterocycles. The summed E-state index contributed by atoms with van der Waals surface area (Å²) in [6, 6.07) is -0.0879. The van der Waals surface area contributed by atoms with E-state index in [1.54, 1.807) is 4.90 Å². The lowest BCUT2D eigenvalue weighted by molar-refractivity contribution is -0.141. The highest BCUT2D eigenvalue weighted by Crippen LogP contribution is 2.35. The second-order valence-corrected chi connectivity index (χ2v) is 8.54. The lowest BCUT2D eigenvalue weighted by atomic mass is 9.80. The number of hydrogen-bond donors (Lipinski definition) is 2. The van der Waals surface area contributed by atoms with Gasteiger partial charge in [-0.05, 0) is 19.3 Å². The van der Waals surface area contributed by atoms with Crippen molar-refractivity contribution in [2.75, 3.05) is 44.2 Å². The van der Waals surface area contributed by atoms with Gasteiger partial charge in [0.2, 0.25) is 0 Å². The molecule has 3 rings (SSSR count). The van der Waals surface area contributed by atoms with E-state index in [-0.39, 0.29) is 11.6 Å². The van der Waals surface area contributed by atoms with Crippen molar-refractivity contribution in [2.24, 2.45) is 5.92 Å². The Hall–Kier alpha value is -0.950. The lowest BCUT2D eigenvalue weighted by Crippen LogP contribution is -2.59. The number of rotatable bonds is 4. The van der Waals surface area contributed by atoms with Gasteiger partial charge in [-0.25, -0.2) is 4.79 Å². The van der Waals surface area contributed by atoms with Crippen LogP contribution in [0.15, 0.2) is 0 Å². The molecule has 0 spiro atoms. The molecule has 0 bridgehead atoms. The van der Waals surface area contributed by atoms with Crippen LogP contribution >= 0.6 is 11.8 Å². The minimum Gasteiger partial charge on any atom is -0.481 e. The standard InChI is InChI=1S/C17H29N3O3S/c21-15(22)14-4-7-19(12-14)16(23)18-13-17(5-2-1-3-6-17)20-8-10-24-11-9-20/h14H,1-13H2,(H,18,23)(H,21,22). The molecule has 0 radical (unpaired) electrons. The number of carboxylic acid groups (broad SMARTS) is 1. The maximum atomic E-state index is 12.5. The molecule has 0 aromatic rings. The summed E-state index contributed by atoms with van der Waals surface area (Å²) < 4.78 is 0. The zero-order valence-electron chi connectivity index (χ0n) is 14.3. The molecule has 2 N–H and O–H groups in total. The van der Waals surface area contributed by atoms with E-state index in [9.17, 15) is 9.59 Å². The average molecular weight is 356 g/mol. The van der Waals surface area contributed by atoms with Crippen molar-refractivity contribution in [3.8, 4) is 0 Å². The van der Waals surface area contributed by atoms with E-state index in [0.29, 0.717) is 26.1 Å². The minimum absolute atomic E-state index is 0.0879. The fourth-order valence-electron chi connectivity index (χ4n) is 4.35. The summed E-state index contributed by atoms with van der Waals surface area (Å²) in [5, 5.41) is 12.2. The van der Waals surface area contributed by atoms with Crippen LogP contribution in [0.4, 0.5) is 4.79 Å². The van der Waals surface area contributed by atoms with Crippen molar-refractivity contribution in [3.05, 3.63) is 0 Å². The molecule has 2 amide bonds. The maximum Gasteiger partial charge on any atom is 0.317 e. The predicted octanol–water partition coefficient (Wildman–Crippen LogP) is 1.85. The monoisotopic (exact) mass is 355 g/mol. The Bertz CT molecular complexity index is 462. The van der Waals surface area contributed by atoms with Gasteiger partial charge in [-0.1, -0.05) is 19.3 Å². The smallest absolute Gasteiger partial charge is 0.317 e. The maximum absolute atomic E-state index is 12.5. The first-order valence-corrected chi connectivity index (χ1v) is 10.3. The van der Waals surface area contributed by atoms with Gasteiger partial charge in [0.1, 0.15) is 0 Å². The Kier molecular flexibility index (Phi) is 5.92. The van der Waals surface area contributed by atoms with Crippen molar-refractivity contribution in [1.82, 2.24) is 15.1 Å². The molecule has 24 heavy (non-hydrogen) atoms. The largest absolute Gasteiger partial charge is 0.481 e. The first kappa shape index (κ1) is 17.9. The molecule has 6 nitrogen and oxygen atoms in total. The second-order valence-electron chi connectivity index (χ2n) is 7.31. The number of carbonyl (C=O) groups excluding carboxylic acids is 1. The third-order valence-electron chi connectivity index (χ3n) is 5.86. The van der Waals surface area contributed by atoms with Gasteiger partial charge in [0.05, 0.1) is 5.92 Å². The number of carboxylic acids is 1. The number of nitrogens with one attached hydrogen (secondary N) is 1. The quantitative estimate of drug-likeness (QED) is 0.805. The molecule has 0 aromatic carbocycles. The SMILES string of the molecule is O=C(O)C1CCN(C(=O)NCC2(N3CCSCC3)CCCCC2)C1. The first-order valence-electron chi connectivity index (χ1n) is 9.19. The Labute approximate surface area is 148 Å². The zero-order chi connectivity index (χ0) is 17.0. The molecule has 7 heteroatoms. The van der Waals surface area contributed by atoms with Crippen LogP contribution in [-0.2, 0) is 4.79 Å².